The van der Waals surface area contributed by atoms with Gasteiger partial charge in [-0.2, -0.15) is 13.2 Å². The van der Waals surface area contributed by atoms with Crippen molar-refractivity contribution in [2.75, 3.05) is 0 Å². The molecule has 2 bridgehead atoms. The number of hydrogen-bond acceptors (Lipinski definition) is 2. The summed E-state index contributed by atoms with van der Waals surface area (Å²) >= 11 is 0. The van der Waals surface area contributed by atoms with Crippen molar-refractivity contribution in [1.82, 2.24) is 4.90 Å². The third-order valence-corrected chi connectivity index (χ3v) is 4.65. The molecule has 0 amide bonds. The van der Waals surface area contributed by atoms with Crippen LogP contribution in [0.5, 0.6) is 0 Å². The zero-order chi connectivity index (χ0) is 14.4. The standard InChI is InChI=1S/C15H18F3NO/c16-15(17,18)14(20)8-12-6-7-13(9-14)19(12)10-11-4-2-1-3-5-11/h1-5,12-13,20H,6-10H2/t12-,13+,14-. The molecule has 3 rings (SSSR count). The monoisotopic (exact) mass is 285 g/mol. The van der Waals surface area contributed by atoms with E-state index >= 15 is 0 Å². The molecule has 0 saturated carbocycles. The summed E-state index contributed by atoms with van der Waals surface area (Å²) < 4.78 is 39.0. The number of fused-ring (bicyclic) bond motifs is 2. The van der Waals surface area contributed by atoms with Gasteiger partial charge >= 0.3 is 6.18 Å². The van der Waals surface area contributed by atoms with Gasteiger partial charge in [0, 0.05) is 31.5 Å². The van der Waals surface area contributed by atoms with Gasteiger partial charge in [-0.3, -0.25) is 4.90 Å². The summed E-state index contributed by atoms with van der Waals surface area (Å²) in [5.74, 6) is 0. The molecular weight excluding hydrogens is 267 g/mol. The Bertz CT molecular complexity index is 460. The summed E-state index contributed by atoms with van der Waals surface area (Å²) in [6, 6.07) is 9.45. The number of rotatable bonds is 2. The predicted octanol–water partition coefficient (Wildman–Crippen LogP) is 3.11. The smallest absolute Gasteiger partial charge is 0.380 e. The van der Waals surface area contributed by atoms with Gasteiger partial charge in [0.15, 0.2) is 5.60 Å². The molecule has 0 aromatic heterocycles. The normalized spacial score (nSPS) is 34.4. The summed E-state index contributed by atoms with van der Waals surface area (Å²) in [4.78, 5) is 2.13. The van der Waals surface area contributed by atoms with Gasteiger partial charge in [-0.15, -0.1) is 0 Å². The maximum absolute atomic E-state index is 13.0. The van der Waals surface area contributed by atoms with Gasteiger partial charge in [0.25, 0.3) is 0 Å². The van der Waals surface area contributed by atoms with Gasteiger partial charge in [-0.05, 0) is 18.4 Å². The van der Waals surface area contributed by atoms with Crippen LogP contribution in [0.15, 0.2) is 30.3 Å². The van der Waals surface area contributed by atoms with E-state index in [1.807, 2.05) is 30.3 Å². The summed E-state index contributed by atoms with van der Waals surface area (Å²) in [7, 11) is 0. The van der Waals surface area contributed by atoms with Crippen LogP contribution in [-0.4, -0.2) is 33.9 Å². The van der Waals surface area contributed by atoms with Crippen molar-refractivity contribution in [3.05, 3.63) is 35.9 Å². The molecule has 110 valence electrons. The van der Waals surface area contributed by atoms with Crippen molar-refractivity contribution in [3.63, 3.8) is 0 Å². The molecule has 0 radical (unpaired) electrons. The van der Waals surface area contributed by atoms with Crippen molar-refractivity contribution in [2.24, 2.45) is 0 Å². The van der Waals surface area contributed by atoms with Crippen LogP contribution in [0.4, 0.5) is 13.2 Å². The molecule has 2 nitrogen and oxygen atoms in total. The van der Waals surface area contributed by atoms with Gasteiger partial charge in [0.2, 0.25) is 0 Å². The highest BCUT2D eigenvalue weighted by Crippen LogP contribution is 2.48. The number of halogens is 3. The van der Waals surface area contributed by atoms with Gasteiger partial charge in [-0.25, -0.2) is 0 Å². The Morgan fingerprint density at radius 1 is 1.10 bits per heavy atom. The van der Waals surface area contributed by atoms with E-state index in [2.05, 4.69) is 4.90 Å². The molecule has 2 aliphatic heterocycles. The first-order valence-electron chi connectivity index (χ1n) is 6.98. The fourth-order valence-electron chi connectivity index (χ4n) is 3.60. The van der Waals surface area contributed by atoms with Gasteiger partial charge in [0.1, 0.15) is 0 Å². The lowest BCUT2D eigenvalue weighted by atomic mass is 9.85. The largest absolute Gasteiger partial charge is 0.417 e. The lowest BCUT2D eigenvalue weighted by Crippen LogP contribution is -2.57. The SMILES string of the molecule is O[C@]1(C(F)(F)F)C[C@H]2CC[C@@H](C1)N2Cc1ccccc1. The van der Waals surface area contributed by atoms with Crippen LogP contribution in [0, 0.1) is 0 Å². The first-order valence-corrected chi connectivity index (χ1v) is 6.98. The zero-order valence-corrected chi connectivity index (χ0v) is 11.1. The molecule has 1 aromatic carbocycles. The lowest BCUT2D eigenvalue weighted by Gasteiger charge is -2.44. The van der Waals surface area contributed by atoms with Crippen LogP contribution in [0.25, 0.3) is 0 Å². The molecule has 3 atom stereocenters. The minimum atomic E-state index is -4.52. The van der Waals surface area contributed by atoms with Crippen molar-refractivity contribution >= 4 is 0 Å². The molecule has 2 fully saturated rings. The Morgan fingerprint density at radius 2 is 1.65 bits per heavy atom. The number of nitrogens with zero attached hydrogens (tertiary/aromatic N) is 1. The van der Waals surface area contributed by atoms with Gasteiger partial charge in [-0.1, -0.05) is 30.3 Å². The molecule has 0 spiro atoms. The quantitative estimate of drug-likeness (QED) is 0.902. The van der Waals surface area contributed by atoms with Crippen LogP contribution in [0.1, 0.15) is 31.2 Å². The van der Waals surface area contributed by atoms with Crippen molar-refractivity contribution < 1.29 is 18.3 Å². The number of alkyl halides is 3. The number of piperidine rings is 1. The van der Waals surface area contributed by atoms with Crippen LogP contribution in [-0.2, 0) is 6.54 Å². The molecular formula is C15H18F3NO. The first-order chi connectivity index (χ1) is 9.39. The van der Waals surface area contributed by atoms with E-state index < -0.39 is 11.8 Å². The van der Waals surface area contributed by atoms with E-state index in [1.54, 1.807) is 0 Å². The molecule has 20 heavy (non-hydrogen) atoms. The minimum Gasteiger partial charge on any atom is -0.380 e. The highest BCUT2D eigenvalue weighted by atomic mass is 19.4. The van der Waals surface area contributed by atoms with Crippen LogP contribution in [0.2, 0.25) is 0 Å². The molecule has 5 heteroatoms. The van der Waals surface area contributed by atoms with Crippen LogP contribution in [0.3, 0.4) is 0 Å². The van der Waals surface area contributed by atoms with Gasteiger partial charge in [0.05, 0.1) is 0 Å². The highest BCUT2D eigenvalue weighted by Gasteiger charge is 2.60. The van der Waals surface area contributed by atoms with Crippen molar-refractivity contribution in [1.29, 1.82) is 0 Å². The van der Waals surface area contributed by atoms with Crippen molar-refractivity contribution in [3.8, 4) is 0 Å². The van der Waals surface area contributed by atoms with E-state index in [-0.39, 0.29) is 24.9 Å². The van der Waals surface area contributed by atoms with E-state index in [1.165, 1.54) is 0 Å². The average Bonchev–Trinajstić information content (AvgIpc) is 2.63. The average molecular weight is 285 g/mol. The third kappa shape index (κ3) is 2.33. The lowest BCUT2D eigenvalue weighted by molar-refractivity contribution is -0.279. The van der Waals surface area contributed by atoms with Gasteiger partial charge < -0.3 is 5.11 Å². The van der Waals surface area contributed by atoms with E-state index in [9.17, 15) is 18.3 Å². The summed E-state index contributed by atoms with van der Waals surface area (Å²) in [5, 5.41) is 9.92. The molecule has 2 aliphatic rings. The molecule has 2 heterocycles. The highest BCUT2D eigenvalue weighted by molar-refractivity contribution is 5.16. The summed E-state index contributed by atoms with van der Waals surface area (Å²) in [5.41, 5.74) is -1.38. The topological polar surface area (TPSA) is 23.5 Å². The number of hydrogen-bond donors (Lipinski definition) is 1. The molecule has 0 aliphatic carbocycles. The van der Waals surface area contributed by atoms with E-state index in [0.29, 0.717) is 6.54 Å². The Morgan fingerprint density at radius 3 is 2.15 bits per heavy atom. The second-order valence-corrected chi connectivity index (χ2v) is 5.98. The molecule has 1 N–H and O–H groups in total. The summed E-state index contributed by atoms with van der Waals surface area (Å²) in [6.45, 7) is 0.671. The second kappa shape index (κ2) is 4.74. The number of benzene rings is 1. The van der Waals surface area contributed by atoms with E-state index in [0.717, 1.165) is 18.4 Å². The molecule has 0 unspecified atom stereocenters. The zero-order valence-electron chi connectivity index (χ0n) is 11.1. The Hall–Kier alpha value is -1.07. The maximum atomic E-state index is 13.0. The van der Waals surface area contributed by atoms with E-state index in [4.69, 9.17) is 0 Å². The fraction of sp³-hybridized carbons (Fsp3) is 0.600. The summed E-state index contributed by atoms with van der Waals surface area (Å²) in [6.07, 6.45) is -3.42. The Balaban J connectivity index is 1.76. The van der Waals surface area contributed by atoms with Crippen LogP contribution < -0.4 is 0 Å². The predicted molar refractivity (Wildman–Crippen MR) is 69.0 cm³/mol. The maximum Gasteiger partial charge on any atom is 0.417 e. The third-order valence-electron chi connectivity index (χ3n) is 4.65. The molecule has 2 saturated heterocycles. The van der Waals surface area contributed by atoms with Crippen LogP contribution >= 0.6 is 0 Å². The second-order valence-electron chi connectivity index (χ2n) is 5.98. The Kier molecular flexibility index (Phi) is 3.29. The Labute approximate surface area is 116 Å². The fourth-order valence-corrected chi connectivity index (χ4v) is 3.60. The minimum absolute atomic E-state index is 0.166. The number of aliphatic hydroxyl groups is 1. The first kappa shape index (κ1) is 13.9. The molecule has 1 aromatic rings. The van der Waals surface area contributed by atoms with Crippen molar-refractivity contribution in [2.45, 2.75) is 56.1 Å².